The largest absolute Gasteiger partial charge is 0.354 e. The average molecular weight is 367 g/mol. The molecule has 1 aliphatic rings. The monoisotopic (exact) mass is 367 g/mol. The Morgan fingerprint density at radius 3 is 2.40 bits per heavy atom. The van der Waals surface area contributed by atoms with Crippen LogP contribution in [0.4, 0.5) is 5.69 Å². The Bertz CT molecular complexity index is 729. The number of piperidine rings is 1. The molecule has 2 N–H and O–H groups in total. The average Bonchev–Trinajstić information content (AvgIpc) is 2.54. The Morgan fingerprint density at radius 2 is 1.84 bits per heavy atom. The van der Waals surface area contributed by atoms with Crippen molar-refractivity contribution in [3.8, 4) is 0 Å². The molecule has 0 saturated carbocycles. The Balaban J connectivity index is 2.12. The van der Waals surface area contributed by atoms with E-state index in [9.17, 15) is 18.0 Å². The van der Waals surface area contributed by atoms with Crippen molar-refractivity contribution in [2.24, 2.45) is 5.92 Å². The van der Waals surface area contributed by atoms with Gasteiger partial charge in [0.25, 0.3) is 0 Å². The van der Waals surface area contributed by atoms with Gasteiger partial charge >= 0.3 is 0 Å². The quantitative estimate of drug-likeness (QED) is 0.826. The van der Waals surface area contributed by atoms with E-state index in [0.717, 1.165) is 0 Å². The lowest BCUT2D eigenvalue weighted by atomic mass is 9.98. The van der Waals surface area contributed by atoms with Crippen LogP contribution in [-0.4, -0.2) is 43.7 Å². The third-order valence-electron chi connectivity index (χ3n) is 4.00. The fraction of sp³-hybridized carbons (Fsp3) is 0.529. The molecule has 1 saturated heterocycles. The van der Waals surface area contributed by atoms with Crippen molar-refractivity contribution in [1.29, 1.82) is 0 Å². The van der Waals surface area contributed by atoms with Crippen molar-refractivity contribution in [3.05, 3.63) is 24.3 Å². The Kier molecular flexibility index (Phi) is 6.18. The SMILES string of the molecule is CC(=O)Nc1ccc(S(=O)(=O)N2CCC[C@H](C(=O)NC(C)C)C2)cc1. The van der Waals surface area contributed by atoms with Gasteiger partial charge in [-0.3, -0.25) is 9.59 Å². The number of carbonyl (C=O) groups is 2. The maximum atomic E-state index is 12.8. The summed E-state index contributed by atoms with van der Waals surface area (Å²) in [6, 6.07) is 6.08. The van der Waals surface area contributed by atoms with Crippen molar-refractivity contribution >= 4 is 27.5 Å². The van der Waals surface area contributed by atoms with E-state index in [1.807, 2.05) is 13.8 Å². The van der Waals surface area contributed by atoms with E-state index >= 15 is 0 Å². The molecule has 25 heavy (non-hydrogen) atoms. The molecule has 2 amide bonds. The summed E-state index contributed by atoms with van der Waals surface area (Å²) in [5, 5.41) is 5.45. The van der Waals surface area contributed by atoms with Gasteiger partial charge in [0, 0.05) is 31.7 Å². The zero-order valence-electron chi connectivity index (χ0n) is 14.8. The second-order valence-electron chi connectivity index (χ2n) is 6.57. The molecule has 138 valence electrons. The minimum absolute atomic E-state index is 0.0285. The number of anilines is 1. The fourth-order valence-corrected chi connectivity index (χ4v) is 4.36. The van der Waals surface area contributed by atoms with Crippen molar-refractivity contribution in [2.45, 2.75) is 44.6 Å². The van der Waals surface area contributed by atoms with Crippen LogP contribution in [0.5, 0.6) is 0 Å². The topological polar surface area (TPSA) is 95.6 Å². The van der Waals surface area contributed by atoms with Crippen LogP contribution < -0.4 is 10.6 Å². The minimum atomic E-state index is -3.66. The van der Waals surface area contributed by atoms with E-state index in [2.05, 4.69) is 10.6 Å². The summed E-state index contributed by atoms with van der Waals surface area (Å²) in [4.78, 5) is 23.4. The third-order valence-corrected chi connectivity index (χ3v) is 5.88. The molecule has 1 heterocycles. The second kappa shape index (κ2) is 7.97. The van der Waals surface area contributed by atoms with Gasteiger partial charge in [0.1, 0.15) is 0 Å². The van der Waals surface area contributed by atoms with Crippen LogP contribution >= 0.6 is 0 Å². The number of sulfonamides is 1. The van der Waals surface area contributed by atoms with Crippen molar-refractivity contribution in [1.82, 2.24) is 9.62 Å². The first kappa shape index (κ1) is 19.4. The number of carbonyl (C=O) groups excluding carboxylic acids is 2. The van der Waals surface area contributed by atoms with E-state index in [0.29, 0.717) is 25.1 Å². The van der Waals surface area contributed by atoms with Crippen LogP contribution in [0.2, 0.25) is 0 Å². The number of benzene rings is 1. The standard InChI is InChI=1S/C17H25N3O4S/c1-12(2)18-17(22)14-5-4-10-20(11-14)25(23,24)16-8-6-15(7-9-16)19-13(3)21/h6-9,12,14H,4-5,10-11H2,1-3H3,(H,18,22)(H,19,21)/t14-/m0/s1. The fourth-order valence-electron chi connectivity index (χ4n) is 2.84. The van der Waals surface area contributed by atoms with E-state index in [-0.39, 0.29) is 35.2 Å². The number of amides is 2. The zero-order chi connectivity index (χ0) is 18.6. The maximum absolute atomic E-state index is 12.8. The smallest absolute Gasteiger partial charge is 0.243 e. The highest BCUT2D eigenvalue weighted by molar-refractivity contribution is 7.89. The van der Waals surface area contributed by atoms with Gasteiger partial charge in [-0.05, 0) is 51.0 Å². The van der Waals surface area contributed by atoms with Crippen molar-refractivity contribution in [2.75, 3.05) is 18.4 Å². The molecule has 1 aliphatic heterocycles. The first-order valence-corrected chi connectivity index (χ1v) is 9.82. The molecular weight excluding hydrogens is 342 g/mol. The second-order valence-corrected chi connectivity index (χ2v) is 8.51. The zero-order valence-corrected chi connectivity index (χ0v) is 15.6. The Hall–Kier alpha value is -1.93. The van der Waals surface area contributed by atoms with Gasteiger partial charge in [-0.1, -0.05) is 0 Å². The molecular formula is C17H25N3O4S. The predicted octanol–water partition coefficient (Wildman–Crippen LogP) is 1.57. The van der Waals surface area contributed by atoms with E-state index in [1.54, 1.807) is 12.1 Å². The number of rotatable bonds is 5. The number of nitrogens with one attached hydrogen (secondary N) is 2. The normalized spacial score (nSPS) is 18.8. The molecule has 1 aromatic rings. The summed E-state index contributed by atoms with van der Waals surface area (Å²) in [6.07, 6.45) is 1.34. The predicted molar refractivity (Wildman–Crippen MR) is 95.5 cm³/mol. The summed E-state index contributed by atoms with van der Waals surface area (Å²) in [7, 11) is -3.66. The van der Waals surface area contributed by atoms with Crippen LogP contribution in [-0.2, 0) is 19.6 Å². The van der Waals surface area contributed by atoms with Crippen LogP contribution in [0.15, 0.2) is 29.2 Å². The summed E-state index contributed by atoms with van der Waals surface area (Å²) >= 11 is 0. The molecule has 0 aromatic heterocycles. The van der Waals surface area contributed by atoms with Gasteiger partial charge in [0.2, 0.25) is 21.8 Å². The molecule has 8 heteroatoms. The van der Waals surface area contributed by atoms with Crippen LogP contribution in [0.1, 0.15) is 33.6 Å². The molecule has 0 radical (unpaired) electrons. The van der Waals surface area contributed by atoms with Crippen LogP contribution in [0.3, 0.4) is 0 Å². The number of nitrogens with zero attached hydrogens (tertiary/aromatic N) is 1. The molecule has 0 bridgehead atoms. The Labute approximate surface area is 148 Å². The molecule has 7 nitrogen and oxygen atoms in total. The highest BCUT2D eigenvalue weighted by atomic mass is 32.2. The molecule has 0 spiro atoms. The van der Waals surface area contributed by atoms with Crippen molar-refractivity contribution < 1.29 is 18.0 Å². The lowest BCUT2D eigenvalue weighted by Crippen LogP contribution is -2.46. The number of hydrogen-bond donors (Lipinski definition) is 2. The van der Waals surface area contributed by atoms with Gasteiger partial charge in [0.15, 0.2) is 0 Å². The molecule has 1 fully saturated rings. The van der Waals surface area contributed by atoms with Gasteiger partial charge < -0.3 is 10.6 Å². The third kappa shape index (κ3) is 5.02. The highest BCUT2D eigenvalue weighted by Gasteiger charge is 2.33. The molecule has 1 aromatic carbocycles. The molecule has 0 unspecified atom stereocenters. The van der Waals surface area contributed by atoms with Crippen molar-refractivity contribution in [3.63, 3.8) is 0 Å². The van der Waals surface area contributed by atoms with Gasteiger partial charge in [0.05, 0.1) is 10.8 Å². The summed E-state index contributed by atoms with van der Waals surface area (Å²) in [5.41, 5.74) is 0.541. The molecule has 2 rings (SSSR count). The first-order chi connectivity index (χ1) is 11.7. The van der Waals surface area contributed by atoms with E-state index in [1.165, 1.54) is 23.4 Å². The first-order valence-electron chi connectivity index (χ1n) is 8.38. The van der Waals surface area contributed by atoms with E-state index in [4.69, 9.17) is 0 Å². The molecule has 1 atom stereocenters. The Morgan fingerprint density at radius 1 is 1.20 bits per heavy atom. The maximum Gasteiger partial charge on any atom is 0.243 e. The lowest BCUT2D eigenvalue weighted by Gasteiger charge is -2.31. The van der Waals surface area contributed by atoms with E-state index < -0.39 is 10.0 Å². The summed E-state index contributed by atoms with van der Waals surface area (Å²) in [6.45, 7) is 5.74. The summed E-state index contributed by atoms with van der Waals surface area (Å²) < 4.78 is 27.0. The van der Waals surface area contributed by atoms with Gasteiger partial charge in [-0.2, -0.15) is 4.31 Å². The minimum Gasteiger partial charge on any atom is -0.354 e. The molecule has 0 aliphatic carbocycles. The van der Waals surface area contributed by atoms with Crippen LogP contribution in [0.25, 0.3) is 0 Å². The number of hydrogen-bond acceptors (Lipinski definition) is 4. The highest BCUT2D eigenvalue weighted by Crippen LogP contribution is 2.25. The van der Waals surface area contributed by atoms with Crippen LogP contribution in [0, 0.1) is 5.92 Å². The summed E-state index contributed by atoms with van der Waals surface area (Å²) in [5.74, 6) is -0.647. The van der Waals surface area contributed by atoms with Gasteiger partial charge in [-0.15, -0.1) is 0 Å². The van der Waals surface area contributed by atoms with Gasteiger partial charge in [-0.25, -0.2) is 8.42 Å². The lowest BCUT2D eigenvalue weighted by molar-refractivity contribution is -0.126.